The molecule has 2 aromatic rings. The van der Waals surface area contributed by atoms with Crippen molar-refractivity contribution in [1.29, 1.82) is 0 Å². The third kappa shape index (κ3) is 2.03. The zero-order valence-electron chi connectivity index (χ0n) is 11.4. The smallest absolute Gasteiger partial charge is 0.216 e. The maximum Gasteiger partial charge on any atom is 0.216 e. The lowest BCUT2D eigenvalue weighted by Gasteiger charge is -2.18. The van der Waals surface area contributed by atoms with Crippen molar-refractivity contribution < 1.29 is 19.0 Å². The zero-order valence-corrected chi connectivity index (χ0v) is 11.4. The predicted octanol–water partition coefficient (Wildman–Crippen LogP) is 1.83. The summed E-state index contributed by atoms with van der Waals surface area (Å²) in [6.07, 6.45) is 4.82. The van der Waals surface area contributed by atoms with E-state index in [1.807, 2.05) is 18.2 Å². The van der Waals surface area contributed by atoms with Gasteiger partial charge in [-0.1, -0.05) is 24.3 Å². The number of hydrogen-bond acceptors (Lipinski definition) is 5. The van der Waals surface area contributed by atoms with Gasteiger partial charge in [-0.2, -0.15) is 0 Å². The van der Waals surface area contributed by atoms with Crippen LogP contribution in [0.2, 0.25) is 0 Å². The first kappa shape index (κ1) is 12.6. The van der Waals surface area contributed by atoms with E-state index in [2.05, 4.69) is 4.99 Å². The van der Waals surface area contributed by atoms with E-state index in [0.29, 0.717) is 17.1 Å². The number of hydrogen-bond donors (Lipinski definition) is 0. The number of aldehydes is 1. The quantitative estimate of drug-likeness (QED) is 0.793. The third-order valence-corrected chi connectivity index (χ3v) is 3.51. The lowest BCUT2D eigenvalue weighted by molar-refractivity contribution is 0.111. The van der Waals surface area contributed by atoms with Crippen molar-refractivity contribution in [2.24, 2.45) is 4.99 Å². The molecule has 5 heteroatoms. The summed E-state index contributed by atoms with van der Waals surface area (Å²) in [7, 11) is 0. The summed E-state index contributed by atoms with van der Waals surface area (Å²) in [4.78, 5) is 15.7. The van der Waals surface area contributed by atoms with Gasteiger partial charge in [0, 0.05) is 22.4 Å². The van der Waals surface area contributed by atoms with Crippen LogP contribution in [-0.2, 0) is 4.74 Å². The normalized spacial score (nSPS) is 17.5. The maximum atomic E-state index is 11.2. The topological polar surface area (TPSA) is 57.1 Å². The van der Waals surface area contributed by atoms with Crippen LogP contribution >= 0.6 is 0 Å². The summed E-state index contributed by atoms with van der Waals surface area (Å²) in [5.74, 6) is 1.21. The number of carbonyl (C=O) groups is 1. The van der Waals surface area contributed by atoms with Crippen LogP contribution in [0.15, 0.2) is 53.9 Å². The van der Waals surface area contributed by atoms with E-state index in [1.165, 1.54) is 12.5 Å². The molecule has 1 atom stereocenters. The Kier molecular flexibility index (Phi) is 2.89. The monoisotopic (exact) mass is 293 g/mol. The molecule has 22 heavy (non-hydrogen) atoms. The van der Waals surface area contributed by atoms with Crippen LogP contribution in [0.25, 0.3) is 6.26 Å². The second-order valence-corrected chi connectivity index (χ2v) is 4.85. The molecule has 0 radical (unpaired) electrons. The second-order valence-electron chi connectivity index (χ2n) is 4.85. The average Bonchev–Trinajstić information content (AvgIpc) is 2.59. The van der Waals surface area contributed by atoms with Gasteiger partial charge in [0.25, 0.3) is 0 Å². The van der Waals surface area contributed by atoms with E-state index in [4.69, 9.17) is 14.2 Å². The van der Waals surface area contributed by atoms with Crippen molar-refractivity contribution in [3.63, 3.8) is 0 Å². The van der Waals surface area contributed by atoms with Crippen LogP contribution in [0, 0.1) is 0 Å². The van der Waals surface area contributed by atoms with Crippen LogP contribution in [0.5, 0.6) is 11.5 Å². The van der Waals surface area contributed by atoms with Crippen molar-refractivity contribution >= 4 is 12.5 Å². The Morgan fingerprint density at radius 3 is 2.64 bits per heavy atom. The molecule has 4 rings (SSSR count). The molecule has 0 saturated heterocycles. The molecule has 5 nitrogen and oxygen atoms in total. The number of nitrogens with zero attached hydrogens (tertiary/aromatic N) is 1. The highest BCUT2D eigenvalue weighted by molar-refractivity contribution is 5.77. The molecule has 0 aliphatic carbocycles. The largest absolute Gasteiger partial charge is 0.471 e. The molecule has 2 heterocycles. The highest BCUT2D eigenvalue weighted by atomic mass is 16.5. The molecule has 0 spiro atoms. The second kappa shape index (κ2) is 5.04. The molecule has 2 aliphatic rings. The van der Waals surface area contributed by atoms with Crippen molar-refractivity contribution in [3.05, 3.63) is 70.6 Å². The molecular weight excluding hydrogens is 282 g/mol. The molecule has 2 aromatic carbocycles. The minimum absolute atomic E-state index is 0.549. The van der Waals surface area contributed by atoms with Crippen LogP contribution in [-0.4, -0.2) is 6.29 Å². The van der Waals surface area contributed by atoms with Crippen LogP contribution in [0.3, 0.4) is 0 Å². The molecule has 0 N–H and O–H groups in total. The Labute approximate surface area is 125 Å². The van der Waals surface area contributed by atoms with E-state index in [1.54, 1.807) is 24.5 Å². The summed E-state index contributed by atoms with van der Waals surface area (Å²) in [6.45, 7) is 0. The van der Waals surface area contributed by atoms with Crippen LogP contribution < -0.4 is 20.0 Å². The molecule has 1 unspecified atom stereocenters. The number of ether oxygens (including phenoxy) is 3. The fraction of sp³-hybridized carbons (Fsp3) is 0.0588. The Hall–Kier alpha value is -3.08. The van der Waals surface area contributed by atoms with E-state index in [0.717, 1.165) is 22.4 Å². The minimum Gasteiger partial charge on any atom is -0.471 e. The number of benzene rings is 2. The number of carbonyl (C=O) groups excluding carboxylic acids is 1. The summed E-state index contributed by atoms with van der Waals surface area (Å²) >= 11 is 0. The summed E-state index contributed by atoms with van der Waals surface area (Å²) in [5.41, 5.74) is 1.29. The zero-order chi connectivity index (χ0) is 14.9. The Morgan fingerprint density at radius 2 is 1.82 bits per heavy atom. The molecule has 0 saturated carbocycles. The van der Waals surface area contributed by atoms with Gasteiger partial charge in [-0.05, 0) is 6.07 Å². The van der Waals surface area contributed by atoms with Gasteiger partial charge in [0.05, 0.1) is 11.6 Å². The fourth-order valence-electron chi connectivity index (χ4n) is 2.44. The Morgan fingerprint density at radius 1 is 1.05 bits per heavy atom. The highest BCUT2D eigenvalue weighted by Crippen LogP contribution is 2.28. The van der Waals surface area contributed by atoms with Gasteiger partial charge in [0.1, 0.15) is 12.5 Å². The molecule has 0 fully saturated rings. The van der Waals surface area contributed by atoms with Crippen LogP contribution in [0.1, 0.15) is 22.1 Å². The molecular formula is C17H11NO4. The Bertz CT molecular complexity index is 901. The highest BCUT2D eigenvalue weighted by Gasteiger charge is 2.18. The minimum atomic E-state index is -0.549. The van der Waals surface area contributed by atoms with Crippen molar-refractivity contribution in [2.75, 3.05) is 0 Å². The molecule has 0 bridgehead atoms. The number of fused-ring (bicyclic) bond motifs is 2. The van der Waals surface area contributed by atoms with Gasteiger partial charge in [0.15, 0.2) is 17.8 Å². The first-order chi connectivity index (χ1) is 10.8. The SMILES string of the molecule is O=Cc1ccccc1C1N=c2cc3c(cc2=CO1)OC=CO3. The van der Waals surface area contributed by atoms with Gasteiger partial charge in [-0.3, -0.25) is 4.79 Å². The maximum absolute atomic E-state index is 11.2. The van der Waals surface area contributed by atoms with Gasteiger partial charge in [-0.25, -0.2) is 4.99 Å². The summed E-state index contributed by atoms with van der Waals surface area (Å²) in [5, 5.41) is 1.53. The Balaban J connectivity index is 1.82. The predicted molar refractivity (Wildman–Crippen MR) is 77.7 cm³/mol. The van der Waals surface area contributed by atoms with E-state index >= 15 is 0 Å². The lowest BCUT2D eigenvalue weighted by Crippen LogP contribution is -2.30. The van der Waals surface area contributed by atoms with E-state index < -0.39 is 6.23 Å². The van der Waals surface area contributed by atoms with Gasteiger partial charge in [-0.15, -0.1) is 0 Å². The van der Waals surface area contributed by atoms with Crippen molar-refractivity contribution in [3.8, 4) is 11.5 Å². The lowest BCUT2D eigenvalue weighted by atomic mass is 10.1. The van der Waals surface area contributed by atoms with Crippen LogP contribution in [0.4, 0.5) is 0 Å². The van der Waals surface area contributed by atoms with Gasteiger partial charge < -0.3 is 14.2 Å². The molecule has 2 aliphatic heterocycles. The van der Waals surface area contributed by atoms with E-state index in [-0.39, 0.29) is 0 Å². The van der Waals surface area contributed by atoms with Gasteiger partial charge in [0.2, 0.25) is 6.23 Å². The first-order valence-corrected chi connectivity index (χ1v) is 6.75. The van der Waals surface area contributed by atoms with Crippen molar-refractivity contribution in [2.45, 2.75) is 6.23 Å². The molecule has 108 valence electrons. The molecule has 0 amide bonds. The summed E-state index contributed by atoms with van der Waals surface area (Å²) in [6, 6.07) is 10.8. The summed E-state index contributed by atoms with van der Waals surface area (Å²) < 4.78 is 16.4. The number of rotatable bonds is 2. The average molecular weight is 293 g/mol. The van der Waals surface area contributed by atoms with Gasteiger partial charge >= 0.3 is 0 Å². The van der Waals surface area contributed by atoms with Crippen molar-refractivity contribution in [1.82, 2.24) is 0 Å². The standard InChI is InChI=1S/C17H11NO4/c19-9-11-3-1-2-4-13(11)17-18-14-8-16-15(20-5-6-21-16)7-12(14)10-22-17/h1-10,17H. The van der Waals surface area contributed by atoms with E-state index in [9.17, 15) is 4.79 Å². The fourth-order valence-corrected chi connectivity index (χ4v) is 2.44. The molecule has 0 aromatic heterocycles. The first-order valence-electron chi connectivity index (χ1n) is 6.75. The third-order valence-electron chi connectivity index (χ3n) is 3.51.